The fraction of sp³-hybridized carbons (Fsp3) is 0.227. The first-order valence-corrected chi connectivity index (χ1v) is 8.78. The Labute approximate surface area is 168 Å². The summed E-state index contributed by atoms with van der Waals surface area (Å²) in [7, 11) is 0. The Morgan fingerprint density at radius 2 is 1.68 bits per heavy atom. The zero-order valence-corrected chi connectivity index (χ0v) is 16.1. The lowest BCUT2D eigenvalue weighted by Crippen LogP contribution is -2.22. The second-order valence-electron chi connectivity index (χ2n) is 6.50. The summed E-state index contributed by atoms with van der Waals surface area (Å²) in [4.78, 5) is 12.2. The van der Waals surface area contributed by atoms with Crippen molar-refractivity contribution in [3.05, 3.63) is 83.4 Å². The van der Waals surface area contributed by atoms with Crippen LogP contribution in [0.4, 0.5) is 13.2 Å². The largest absolute Gasteiger partial charge is 0.416 e. The summed E-state index contributed by atoms with van der Waals surface area (Å²) in [6.45, 7) is 2.40. The van der Waals surface area contributed by atoms with E-state index < -0.39 is 11.7 Å². The number of nitrogens with one attached hydrogen (secondary N) is 1. The predicted molar refractivity (Wildman–Crippen MR) is 108 cm³/mol. The molecule has 6 heteroatoms. The first-order chi connectivity index (χ1) is 12.9. The van der Waals surface area contributed by atoms with Crippen molar-refractivity contribution in [2.24, 2.45) is 0 Å². The van der Waals surface area contributed by atoms with Crippen LogP contribution in [0, 0.1) is 0 Å². The first-order valence-electron chi connectivity index (χ1n) is 8.78. The molecule has 3 aromatic carbocycles. The molecule has 1 atom stereocenters. The Balaban J connectivity index is 0.00000280. The lowest BCUT2D eigenvalue weighted by Gasteiger charge is -2.16. The monoisotopic (exact) mass is 407 g/mol. The summed E-state index contributed by atoms with van der Waals surface area (Å²) in [5.74, 6) is -0.307. The second kappa shape index (κ2) is 9.22. The smallest absolute Gasteiger partial charge is 0.310 e. The van der Waals surface area contributed by atoms with Crippen LogP contribution in [0.15, 0.2) is 66.7 Å². The van der Waals surface area contributed by atoms with Crippen LogP contribution in [0.1, 0.15) is 40.9 Å². The fourth-order valence-electron chi connectivity index (χ4n) is 3.15. The van der Waals surface area contributed by atoms with E-state index in [9.17, 15) is 18.0 Å². The SMILES string of the molecule is C[C@@H](NCCC(=O)c1cccc(C(F)(F)F)c1)c1cccc2ccccc12.Cl. The summed E-state index contributed by atoms with van der Waals surface area (Å²) in [5, 5.41) is 5.58. The minimum Gasteiger partial charge on any atom is -0.310 e. The Hall–Kier alpha value is -2.37. The summed E-state index contributed by atoms with van der Waals surface area (Å²) in [6.07, 6.45) is -4.31. The average Bonchev–Trinajstić information content (AvgIpc) is 2.66. The first kappa shape index (κ1) is 21.9. The number of carbonyl (C=O) groups excluding carboxylic acids is 1. The molecular weight excluding hydrogens is 387 g/mol. The van der Waals surface area contributed by atoms with E-state index in [1.165, 1.54) is 12.1 Å². The van der Waals surface area contributed by atoms with Gasteiger partial charge in [-0.05, 0) is 35.4 Å². The molecule has 0 bridgehead atoms. The van der Waals surface area contributed by atoms with Gasteiger partial charge in [0, 0.05) is 24.6 Å². The fourth-order valence-corrected chi connectivity index (χ4v) is 3.15. The van der Waals surface area contributed by atoms with Gasteiger partial charge in [-0.25, -0.2) is 0 Å². The van der Waals surface area contributed by atoms with E-state index in [1.54, 1.807) is 0 Å². The van der Waals surface area contributed by atoms with Crippen LogP contribution in [0.3, 0.4) is 0 Å². The van der Waals surface area contributed by atoms with E-state index in [1.807, 2.05) is 43.3 Å². The highest BCUT2D eigenvalue weighted by atomic mass is 35.5. The third-order valence-corrected chi connectivity index (χ3v) is 4.60. The van der Waals surface area contributed by atoms with Crippen molar-refractivity contribution in [3.8, 4) is 0 Å². The van der Waals surface area contributed by atoms with Crippen LogP contribution in [-0.2, 0) is 6.18 Å². The van der Waals surface area contributed by atoms with E-state index in [4.69, 9.17) is 0 Å². The van der Waals surface area contributed by atoms with Crippen molar-refractivity contribution >= 4 is 29.0 Å². The Kier molecular flexibility index (Phi) is 7.22. The summed E-state index contributed by atoms with van der Waals surface area (Å²) >= 11 is 0. The Morgan fingerprint density at radius 3 is 2.43 bits per heavy atom. The van der Waals surface area contributed by atoms with E-state index in [0.29, 0.717) is 6.54 Å². The number of fused-ring (bicyclic) bond motifs is 1. The zero-order valence-electron chi connectivity index (χ0n) is 15.3. The van der Waals surface area contributed by atoms with E-state index in [-0.39, 0.29) is 36.2 Å². The molecule has 0 heterocycles. The number of rotatable bonds is 6. The summed E-state index contributed by atoms with van der Waals surface area (Å²) < 4.78 is 38.3. The van der Waals surface area contributed by atoms with Crippen LogP contribution in [0.5, 0.6) is 0 Å². The normalized spacial score (nSPS) is 12.4. The van der Waals surface area contributed by atoms with Gasteiger partial charge in [0.15, 0.2) is 5.78 Å². The van der Waals surface area contributed by atoms with Crippen molar-refractivity contribution in [3.63, 3.8) is 0 Å². The molecule has 0 aliphatic carbocycles. The molecule has 0 saturated heterocycles. The standard InChI is InChI=1S/C22H20F3NO.ClH/c1-15(19-11-5-7-16-6-2-3-10-20(16)19)26-13-12-21(27)17-8-4-9-18(14-17)22(23,24)25;/h2-11,14-15,26H,12-13H2,1H3;1H/t15-;/m1./s1. The molecule has 0 radical (unpaired) electrons. The molecule has 3 aromatic rings. The molecule has 0 fully saturated rings. The van der Waals surface area contributed by atoms with Gasteiger partial charge in [0.1, 0.15) is 0 Å². The molecule has 28 heavy (non-hydrogen) atoms. The van der Waals surface area contributed by atoms with Gasteiger partial charge in [-0.15, -0.1) is 12.4 Å². The van der Waals surface area contributed by atoms with Crippen LogP contribution < -0.4 is 5.32 Å². The number of halogens is 4. The van der Waals surface area contributed by atoms with Gasteiger partial charge >= 0.3 is 6.18 Å². The van der Waals surface area contributed by atoms with Gasteiger partial charge in [0.25, 0.3) is 0 Å². The maximum absolute atomic E-state index is 12.8. The summed E-state index contributed by atoms with van der Waals surface area (Å²) in [5.41, 5.74) is 0.412. The van der Waals surface area contributed by atoms with Gasteiger partial charge in [0.2, 0.25) is 0 Å². The molecule has 3 rings (SSSR count). The average molecular weight is 408 g/mol. The van der Waals surface area contributed by atoms with Crippen molar-refractivity contribution in [1.82, 2.24) is 5.32 Å². The molecule has 1 N–H and O–H groups in total. The van der Waals surface area contributed by atoms with Crippen molar-refractivity contribution < 1.29 is 18.0 Å². The van der Waals surface area contributed by atoms with Crippen molar-refractivity contribution in [2.45, 2.75) is 25.6 Å². The minimum absolute atomic E-state index is 0. The maximum atomic E-state index is 12.8. The molecule has 0 saturated carbocycles. The van der Waals surface area contributed by atoms with Crippen LogP contribution >= 0.6 is 12.4 Å². The molecular formula is C22H21ClF3NO. The number of Topliss-reactive ketones (excluding diaryl/α,β-unsaturated/α-hetero) is 1. The number of ketones is 1. The maximum Gasteiger partial charge on any atom is 0.416 e. The van der Waals surface area contributed by atoms with E-state index in [2.05, 4.69) is 11.4 Å². The van der Waals surface area contributed by atoms with Crippen LogP contribution in [0.2, 0.25) is 0 Å². The number of hydrogen-bond acceptors (Lipinski definition) is 2. The van der Waals surface area contributed by atoms with Gasteiger partial charge in [-0.3, -0.25) is 4.79 Å². The van der Waals surface area contributed by atoms with E-state index >= 15 is 0 Å². The zero-order chi connectivity index (χ0) is 19.4. The number of hydrogen-bond donors (Lipinski definition) is 1. The van der Waals surface area contributed by atoms with E-state index in [0.717, 1.165) is 28.5 Å². The predicted octanol–water partition coefficient (Wildman–Crippen LogP) is 6.20. The molecule has 0 aromatic heterocycles. The summed E-state index contributed by atoms with van der Waals surface area (Å²) in [6, 6.07) is 18.7. The van der Waals surface area contributed by atoms with Crippen molar-refractivity contribution in [1.29, 1.82) is 0 Å². The highest BCUT2D eigenvalue weighted by molar-refractivity contribution is 5.96. The molecule has 0 aliphatic rings. The Morgan fingerprint density at radius 1 is 1.00 bits per heavy atom. The lowest BCUT2D eigenvalue weighted by molar-refractivity contribution is -0.137. The molecule has 2 nitrogen and oxygen atoms in total. The molecule has 0 aliphatic heterocycles. The van der Waals surface area contributed by atoms with Crippen LogP contribution in [0.25, 0.3) is 10.8 Å². The number of carbonyl (C=O) groups is 1. The number of alkyl halides is 3. The molecule has 0 unspecified atom stereocenters. The number of benzene rings is 3. The highest BCUT2D eigenvalue weighted by Crippen LogP contribution is 2.29. The second-order valence-corrected chi connectivity index (χ2v) is 6.50. The third kappa shape index (κ3) is 5.12. The minimum atomic E-state index is -4.45. The topological polar surface area (TPSA) is 29.1 Å². The molecule has 148 valence electrons. The third-order valence-electron chi connectivity index (χ3n) is 4.60. The molecule has 0 spiro atoms. The Bertz CT molecular complexity index is 950. The van der Waals surface area contributed by atoms with Crippen LogP contribution in [-0.4, -0.2) is 12.3 Å². The quantitative estimate of drug-likeness (QED) is 0.492. The highest BCUT2D eigenvalue weighted by Gasteiger charge is 2.30. The lowest BCUT2D eigenvalue weighted by atomic mass is 9.99. The van der Waals surface area contributed by atoms with Gasteiger partial charge < -0.3 is 5.32 Å². The van der Waals surface area contributed by atoms with Crippen molar-refractivity contribution in [2.75, 3.05) is 6.54 Å². The van der Waals surface area contributed by atoms with Gasteiger partial charge in [-0.1, -0.05) is 54.6 Å². The molecule has 0 amide bonds. The van der Waals surface area contributed by atoms with Gasteiger partial charge in [0.05, 0.1) is 5.56 Å². The van der Waals surface area contributed by atoms with Gasteiger partial charge in [-0.2, -0.15) is 13.2 Å².